The van der Waals surface area contributed by atoms with Crippen LogP contribution in [0.15, 0.2) is 12.7 Å². The number of methoxy groups -OCH3 is 1. The number of rotatable bonds is 2. The molecule has 3 saturated carbocycles. The van der Waals surface area contributed by atoms with Crippen LogP contribution in [0.2, 0.25) is 0 Å². The lowest BCUT2D eigenvalue weighted by molar-refractivity contribution is -0.191. The van der Waals surface area contributed by atoms with Gasteiger partial charge < -0.3 is 20.3 Å². The predicted molar refractivity (Wildman–Crippen MR) is 121 cm³/mol. The molecule has 0 aromatic heterocycles. The molecule has 3 rings (SSSR count). The van der Waals surface area contributed by atoms with Crippen molar-refractivity contribution in [1.82, 2.24) is 5.32 Å². The van der Waals surface area contributed by atoms with E-state index in [1.54, 1.807) is 6.08 Å². The standard InChI is InChI=1S/C23H35NO6.CH5N/c1-7-21(4)12-16(30-20(28)24-19(27)29-6)22(5)13(2)8-10-23(14(3)18(21)26)11-9-15(25)17(22)23;1-2/h7,13-14,16-18,26H,1,8-12H2,2-6H3,(H,24,27,28);2H2,1H3/t13?,14-,16+,17-,18-,21+,22-,23-;/m0./s1. The third-order valence-corrected chi connectivity index (χ3v) is 8.94. The quantitative estimate of drug-likeness (QED) is 0.548. The van der Waals surface area contributed by atoms with Crippen LogP contribution < -0.4 is 11.1 Å². The maximum absolute atomic E-state index is 13.2. The van der Waals surface area contributed by atoms with Crippen molar-refractivity contribution in [2.75, 3.05) is 14.2 Å². The van der Waals surface area contributed by atoms with Gasteiger partial charge in [-0.1, -0.05) is 33.8 Å². The number of aliphatic hydroxyl groups excluding tert-OH is 1. The van der Waals surface area contributed by atoms with Crippen LogP contribution in [0.5, 0.6) is 0 Å². The van der Waals surface area contributed by atoms with Gasteiger partial charge in [0.15, 0.2) is 0 Å². The van der Waals surface area contributed by atoms with E-state index in [9.17, 15) is 19.5 Å². The van der Waals surface area contributed by atoms with Crippen molar-refractivity contribution in [2.24, 2.45) is 39.7 Å². The van der Waals surface area contributed by atoms with Crippen molar-refractivity contribution in [2.45, 2.75) is 72.0 Å². The Morgan fingerprint density at radius 3 is 2.41 bits per heavy atom. The molecule has 3 aliphatic rings. The molecule has 4 N–H and O–H groups in total. The first-order chi connectivity index (χ1) is 15.0. The lowest BCUT2D eigenvalue weighted by atomic mass is 9.44. The van der Waals surface area contributed by atoms with E-state index >= 15 is 0 Å². The zero-order valence-electron chi connectivity index (χ0n) is 20.3. The Morgan fingerprint density at radius 1 is 1.22 bits per heavy atom. The number of hydrogen-bond donors (Lipinski definition) is 3. The van der Waals surface area contributed by atoms with Crippen molar-refractivity contribution in [3.63, 3.8) is 0 Å². The number of amides is 2. The second-order valence-electron chi connectivity index (χ2n) is 10.1. The number of ketones is 1. The summed E-state index contributed by atoms with van der Waals surface area (Å²) in [6.45, 7) is 12.1. The van der Waals surface area contributed by atoms with Gasteiger partial charge >= 0.3 is 12.2 Å². The Kier molecular flexibility index (Phi) is 7.83. The number of nitrogens with one attached hydrogen (secondary N) is 1. The zero-order chi connectivity index (χ0) is 24.5. The highest BCUT2D eigenvalue weighted by atomic mass is 16.6. The smallest absolute Gasteiger partial charge is 0.416 e. The van der Waals surface area contributed by atoms with Gasteiger partial charge in [-0.15, -0.1) is 6.58 Å². The molecule has 3 aliphatic carbocycles. The molecule has 0 aliphatic heterocycles. The van der Waals surface area contributed by atoms with Gasteiger partial charge in [0.05, 0.1) is 13.2 Å². The minimum atomic E-state index is -0.906. The SMILES string of the molecule is C=C[C@]1(C)C[C@@H](OC(=O)NC(=O)OC)[C@]2(C)C(C)CC[C@]3(CCC(=O)[C@H]32)[C@@H](C)[C@@H]1O.CN. The number of imide groups is 1. The Bertz CT molecular complexity index is 757. The third-order valence-electron chi connectivity index (χ3n) is 8.94. The van der Waals surface area contributed by atoms with Gasteiger partial charge in [0.1, 0.15) is 11.9 Å². The second kappa shape index (κ2) is 9.51. The first-order valence-corrected chi connectivity index (χ1v) is 11.4. The average Bonchev–Trinajstić information content (AvgIpc) is 3.13. The average molecular weight is 453 g/mol. The lowest BCUT2D eigenvalue weighted by Gasteiger charge is -2.61. The summed E-state index contributed by atoms with van der Waals surface area (Å²) >= 11 is 0. The topological polar surface area (TPSA) is 128 Å². The molecule has 182 valence electrons. The first-order valence-electron chi connectivity index (χ1n) is 11.4. The highest BCUT2D eigenvalue weighted by molar-refractivity contribution is 5.88. The van der Waals surface area contributed by atoms with Gasteiger partial charge in [0, 0.05) is 23.2 Å². The molecular weight excluding hydrogens is 412 g/mol. The molecule has 0 aromatic carbocycles. The zero-order valence-corrected chi connectivity index (χ0v) is 20.3. The van der Waals surface area contributed by atoms with Crippen molar-refractivity contribution >= 4 is 18.0 Å². The van der Waals surface area contributed by atoms with E-state index in [0.717, 1.165) is 19.3 Å². The second-order valence-corrected chi connectivity index (χ2v) is 10.1. The molecule has 8 heteroatoms. The van der Waals surface area contributed by atoms with Crippen molar-refractivity contribution in [3.8, 4) is 0 Å². The van der Waals surface area contributed by atoms with Crippen molar-refractivity contribution in [1.29, 1.82) is 0 Å². The van der Waals surface area contributed by atoms with Crippen LogP contribution in [-0.2, 0) is 14.3 Å². The van der Waals surface area contributed by atoms with Crippen LogP contribution in [0.3, 0.4) is 0 Å². The molecular formula is C24H40N2O6. The van der Waals surface area contributed by atoms with Gasteiger partial charge in [-0.25, -0.2) is 14.9 Å². The molecule has 32 heavy (non-hydrogen) atoms. The van der Waals surface area contributed by atoms with E-state index in [-0.39, 0.29) is 29.0 Å². The minimum absolute atomic E-state index is 0.0892. The summed E-state index contributed by atoms with van der Waals surface area (Å²) in [4.78, 5) is 37.3. The molecule has 0 heterocycles. The number of aliphatic hydroxyl groups is 1. The molecule has 0 saturated heterocycles. The lowest BCUT2D eigenvalue weighted by Crippen LogP contribution is -2.63. The molecule has 0 radical (unpaired) electrons. The van der Waals surface area contributed by atoms with E-state index in [0.29, 0.717) is 12.8 Å². The summed E-state index contributed by atoms with van der Waals surface area (Å²) in [5, 5.41) is 13.5. The highest BCUT2D eigenvalue weighted by Crippen LogP contribution is 2.67. The summed E-state index contributed by atoms with van der Waals surface area (Å²) < 4.78 is 10.3. The summed E-state index contributed by atoms with van der Waals surface area (Å²) in [7, 11) is 2.67. The van der Waals surface area contributed by atoms with E-state index < -0.39 is 35.2 Å². The fourth-order valence-corrected chi connectivity index (χ4v) is 6.79. The van der Waals surface area contributed by atoms with E-state index in [1.165, 1.54) is 14.2 Å². The van der Waals surface area contributed by atoms with E-state index in [2.05, 4.69) is 36.2 Å². The monoisotopic (exact) mass is 452 g/mol. The Hall–Kier alpha value is -1.93. The van der Waals surface area contributed by atoms with Crippen LogP contribution in [0.1, 0.15) is 59.8 Å². The molecule has 8 atom stereocenters. The maximum Gasteiger partial charge on any atom is 0.416 e. The summed E-state index contributed by atoms with van der Waals surface area (Å²) in [6.07, 6.45) is 1.83. The predicted octanol–water partition coefficient (Wildman–Crippen LogP) is 3.42. The Morgan fingerprint density at radius 2 is 1.84 bits per heavy atom. The number of ether oxygens (including phenoxy) is 2. The fraction of sp³-hybridized carbons (Fsp3) is 0.792. The third kappa shape index (κ3) is 3.96. The van der Waals surface area contributed by atoms with Crippen molar-refractivity contribution < 1.29 is 29.0 Å². The van der Waals surface area contributed by atoms with Crippen LogP contribution in [0.25, 0.3) is 0 Å². The number of hydrogen-bond acceptors (Lipinski definition) is 7. The van der Waals surface area contributed by atoms with Crippen LogP contribution >= 0.6 is 0 Å². The number of Topliss-reactive ketones (excluding diaryl/α,β-unsaturated/α-hetero) is 1. The van der Waals surface area contributed by atoms with Gasteiger partial charge in [-0.3, -0.25) is 4.79 Å². The summed E-state index contributed by atoms with van der Waals surface area (Å²) in [5.41, 5.74) is 2.85. The molecule has 0 spiro atoms. The Labute approximate surface area is 191 Å². The van der Waals surface area contributed by atoms with Crippen LogP contribution in [-0.4, -0.2) is 49.4 Å². The Balaban J connectivity index is 0.00000176. The number of nitrogens with two attached hydrogens (primary N) is 1. The fourth-order valence-electron chi connectivity index (χ4n) is 6.79. The molecule has 1 unspecified atom stereocenters. The van der Waals surface area contributed by atoms with Gasteiger partial charge in [0.25, 0.3) is 0 Å². The van der Waals surface area contributed by atoms with E-state index in [4.69, 9.17) is 4.74 Å². The summed E-state index contributed by atoms with van der Waals surface area (Å²) in [5.74, 6) is -0.0743. The van der Waals surface area contributed by atoms with Gasteiger partial charge in [-0.05, 0) is 50.0 Å². The number of carbonyl (C=O) groups is 3. The summed E-state index contributed by atoms with van der Waals surface area (Å²) in [6, 6.07) is 0. The molecule has 2 bridgehead atoms. The largest absolute Gasteiger partial charge is 0.453 e. The van der Waals surface area contributed by atoms with Crippen molar-refractivity contribution in [3.05, 3.63) is 12.7 Å². The van der Waals surface area contributed by atoms with Gasteiger partial charge in [-0.2, -0.15) is 0 Å². The number of carbonyl (C=O) groups excluding carboxylic acids is 3. The molecule has 2 amide bonds. The molecule has 3 fully saturated rings. The van der Waals surface area contributed by atoms with Crippen LogP contribution in [0, 0.1) is 34.0 Å². The normalized spacial score (nSPS) is 42.9. The minimum Gasteiger partial charge on any atom is -0.453 e. The highest BCUT2D eigenvalue weighted by Gasteiger charge is 2.68. The molecule has 8 nitrogen and oxygen atoms in total. The van der Waals surface area contributed by atoms with E-state index in [1.807, 2.05) is 13.8 Å². The molecule has 0 aromatic rings. The number of alkyl carbamates (subject to hydrolysis) is 2. The van der Waals surface area contributed by atoms with Crippen LogP contribution in [0.4, 0.5) is 9.59 Å². The first kappa shape index (κ1) is 26.3. The van der Waals surface area contributed by atoms with Gasteiger partial charge in [0.2, 0.25) is 0 Å². The maximum atomic E-state index is 13.2.